The zero-order valence-electron chi connectivity index (χ0n) is 2.65. The van der Waals surface area contributed by atoms with Crippen molar-refractivity contribution in [1.82, 2.24) is 0 Å². The molecule has 5 heavy (non-hydrogen) atoms. The molecule has 0 bridgehead atoms. The van der Waals surface area contributed by atoms with Crippen molar-refractivity contribution in [3.8, 4) is 12.3 Å². The maximum absolute atomic E-state index is 4.60. The smallest absolute Gasteiger partial charge is 0 e. The molecule has 0 aromatic rings. The Morgan fingerprint density at radius 2 is 1.60 bits per heavy atom. The van der Waals surface area contributed by atoms with Crippen LogP contribution in [0.25, 0.3) is 0 Å². The predicted molar refractivity (Wildman–Crippen MR) is 27.0 cm³/mol. The maximum Gasteiger partial charge on any atom is 0 e. The molecule has 0 atom stereocenters. The molecular weight excluding hydrogens is 58.9 g/mol. The van der Waals surface area contributed by atoms with Crippen LogP contribution in [0.2, 0.25) is 0 Å². The second-order valence-corrected chi connectivity index (χ2v) is 0.289. The van der Waals surface area contributed by atoms with Crippen LogP contribution >= 0.6 is 0 Å². The molecule has 0 spiro atoms. The first-order valence-corrected chi connectivity index (χ1v) is 0.789. The lowest BCUT2D eigenvalue weighted by molar-refractivity contribution is 1.94. The van der Waals surface area contributed by atoms with Crippen molar-refractivity contribution in [1.29, 1.82) is 0 Å². The first-order valence-electron chi connectivity index (χ1n) is 0.789. The highest BCUT2D eigenvalue weighted by Crippen LogP contribution is 1.21. The monoisotopic (exact) mass is 67.1 g/mol. The topological polar surface area (TPSA) is 0 Å². The van der Waals surface area contributed by atoms with E-state index in [1.807, 2.05) is 0 Å². The molecule has 27 valence electrons. The van der Waals surface area contributed by atoms with E-state index in [-0.39, 0.29) is 15.8 Å². The quantitative estimate of drug-likeness (QED) is 0.291. The zero-order chi connectivity index (χ0) is 2.71. The van der Waals surface area contributed by atoms with Crippen molar-refractivity contribution in [2.24, 2.45) is 0 Å². The average molecular weight is 66.9 g/mol. The third kappa shape index (κ3) is 68.0. The van der Waals surface area contributed by atoms with Crippen molar-refractivity contribution >= 4 is 8.41 Å². The Morgan fingerprint density at radius 3 is 1.60 bits per heavy atom. The van der Waals surface area contributed by atoms with Crippen LogP contribution in [0.15, 0.2) is 0 Å². The molecule has 0 fully saturated rings. The molecule has 0 aliphatic heterocycles. The minimum Gasteiger partial charge on any atom is -0.120 e. The molecule has 0 saturated carbocycles. The van der Waals surface area contributed by atoms with Crippen LogP contribution in [0, 0.1) is 12.3 Å². The van der Waals surface area contributed by atoms with Crippen molar-refractivity contribution in [3.05, 3.63) is 0 Å². The van der Waals surface area contributed by atoms with Gasteiger partial charge in [-0.15, -0.1) is 12.3 Å². The molecule has 0 unspecified atom stereocenters. The zero-order valence-corrected chi connectivity index (χ0v) is 2.65. The predicted octanol–water partition coefficient (Wildman–Crippen LogP) is 0.895. The molecule has 0 heterocycles. The second-order valence-electron chi connectivity index (χ2n) is 0.289. The summed E-state index contributed by atoms with van der Waals surface area (Å²) < 4.78 is 0. The van der Waals surface area contributed by atoms with Gasteiger partial charge in [0, 0.05) is 8.41 Å². The lowest BCUT2D eigenvalue weighted by Crippen LogP contribution is -1.10. The second kappa shape index (κ2) is 64.0. The van der Waals surface area contributed by atoms with Gasteiger partial charge in [-0.05, 0) is 6.92 Å². The molecule has 0 N–H and O–H groups in total. The van der Waals surface area contributed by atoms with E-state index in [0.717, 1.165) is 0 Å². The molecule has 3 radical (unpaired) electrons. The van der Waals surface area contributed by atoms with E-state index in [9.17, 15) is 0 Å². The van der Waals surface area contributed by atoms with Crippen LogP contribution in [-0.2, 0) is 0 Å². The van der Waals surface area contributed by atoms with E-state index >= 15 is 0 Å². The standard InChI is InChI=1S/C3H4.CH4.B/c1-3-2;;/h1H,2H3;1H4;. The van der Waals surface area contributed by atoms with Gasteiger partial charge in [0.2, 0.25) is 0 Å². The highest BCUT2D eigenvalue weighted by Gasteiger charge is 1.09. The van der Waals surface area contributed by atoms with Gasteiger partial charge >= 0.3 is 0 Å². The molecule has 0 aromatic carbocycles. The van der Waals surface area contributed by atoms with Crippen molar-refractivity contribution in [2.75, 3.05) is 0 Å². The summed E-state index contributed by atoms with van der Waals surface area (Å²) in [6, 6.07) is 0. The fraction of sp³-hybridized carbons (Fsp3) is 0.500. The Kier molecular flexibility index (Phi) is 294. The van der Waals surface area contributed by atoms with Crippen molar-refractivity contribution in [2.45, 2.75) is 14.4 Å². The third-order valence-corrected chi connectivity index (χ3v) is 0. The highest BCUT2D eigenvalue weighted by molar-refractivity contribution is 5.75. The molecular formula is C4H8B. The van der Waals surface area contributed by atoms with Crippen LogP contribution in [0.5, 0.6) is 0 Å². The Bertz CT molecular complexity index is 25.1. The largest absolute Gasteiger partial charge is 0.120 e. The summed E-state index contributed by atoms with van der Waals surface area (Å²) in [6.07, 6.45) is 4.60. The first kappa shape index (κ1) is 23.0. The van der Waals surface area contributed by atoms with Crippen LogP contribution in [0.3, 0.4) is 0 Å². The summed E-state index contributed by atoms with van der Waals surface area (Å²) in [5, 5.41) is 0. The summed E-state index contributed by atoms with van der Waals surface area (Å²) in [5.74, 6) is 2.25. The Morgan fingerprint density at radius 1 is 1.60 bits per heavy atom. The Labute approximate surface area is 36.2 Å². The van der Waals surface area contributed by atoms with E-state index in [1.54, 1.807) is 6.92 Å². The summed E-state index contributed by atoms with van der Waals surface area (Å²) >= 11 is 0. The number of hydrogen-bond donors (Lipinski definition) is 0. The van der Waals surface area contributed by atoms with Crippen molar-refractivity contribution in [3.63, 3.8) is 0 Å². The molecule has 0 amide bonds. The number of rotatable bonds is 0. The van der Waals surface area contributed by atoms with Gasteiger partial charge < -0.3 is 0 Å². The number of hydrogen-bond acceptors (Lipinski definition) is 0. The van der Waals surface area contributed by atoms with Crippen LogP contribution in [-0.4, -0.2) is 8.41 Å². The van der Waals surface area contributed by atoms with E-state index in [2.05, 4.69) is 12.3 Å². The van der Waals surface area contributed by atoms with E-state index in [1.165, 1.54) is 0 Å². The molecule has 1 heteroatoms. The van der Waals surface area contributed by atoms with Crippen molar-refractivity contribution < 1.29 is 0 Å². The van der Waals surface area contributed by atoms with E-state index < -0.39 is 0 Å². The molecule has 0 aliphatic carbocycles. The van der Waals surface area contributed by atoms with E-state index in [0.29, 0.717) is 0 Å². The summed E-state index contributed by atoms with van der Waals surface area (Å²) in [6.45, 7) is 1.65. The van der Waals surface area contributed by atoms with Gasteiger partial charge in [-0.2, -0.15) is 0 Å². The number of terminal acetylenes is 1. The van der Waals surface area contributed by atoms with Crippen LogP contribution in [0.4, 0.5) is 0 Å². The van der Waals surface area contributed by atoms with Gasteiger partial charge in [0.25, 0.3) is 0 Å². The maximum atomic E-state index is 4.60. The molecule has 0 nitrogen and oxygen atoms in total. The third-order valence-electron chi connectivity index (χ3n) is 0. The van der Waals surface area contributed by atoms with Gasteiger partial charge in [-0.3, -0.25) is 0 Å². The van der Waals surface area contributed by atoms with Gasteiger partial charge in [-0.25, -0.2) is 0 Å². The van der Waals surface area contributed by atoms with Gasteiger partial charge in [0.1, 0.15) is 0 Å². The summed E-state index contributed by atoms with van der Waals surface area (Å²) in [4.78, 5) is 0. The Hall–Kier alpha value is -0.375. The van der Waals surface area contributed by atoms with Gasteiger partial charge in [0.15, 0.2) is 0 Å². The highest BCUT2D eigenvalue weighted by atomic mass is 13.2. The average Bonchev–Trinajstić information content (AvgIpc) is 0.918. The Balaban J connectivity index is -0.0000000200. The van der Waals surface area contributed by atoms with E-state index in [4.69, 9.17) is 0 Å². The summed E-state index contributed by atoms with van der Waals surface area (Å²) in [7, 11) is 0. The SMILES string of the molecule is C.C#CC.[B]. The van der Waals surface area contributed by atoms with Gasteiger partial charge in [-0.1, -0.05) is 7.43 Å². The molecule has 0 aromatic heterocycles. The van der Waals surface area contributed by atoms with Gasteiger partial charge in [0.05, 0.1) is 0 Å². The minimum absolute atomic E-state index is 0. The normalized spacial score (nSPS) is 1.60. The molecule has 0 saturated heterocycles. The minimum atomic E-state index is 0. The lowest BCUT2D eigenvalue weighted by atomic mass is 10.8. The fourth-order valence-electron chi connectivity index (χ4n) is 0. The lowest BCUT2D eigenvalue weighted by Gasteiger charge is -1.23. The first-order chi connectivity index (χ1) is 1.41. The fourth-order valence-corrected chi connectivity index (χ4v) is 0. The molecule has 0 aliphatic rings. The molecule has 0 rings (SSSR count). The van der Waals surface area contributed by atoms with Crippen LogP contribution in [0.1, 0.15) is 14.4 Å². The summed E-state index contributed by atoms with van der Waals surface area (Å²) in [5.41, 5.74) is 0. The van der Waals surface area contributed by atoms with Crippen LogP contribution < -0.4 is 0 Å².